The molecule has 3 rings (SSSR count). The molecular weight excluding hydrogens is 360 g/mol. The Bertz CT molecular complexity index is 892. The lowest BCUT2D eigenvalue weighted by molar-refractivity contribution is -0.159. The summed E-state index contributed by atoms with van der Waals surface area (Å²) >= 11 is 0. The molecule has 1 fully saturated rings. The number of allylic oxidation sites excluding steroid dienone is 1. The van der Waals surface area contributed by atoms with Crippen LogP contribution in [0, 0.1) is 11.3 Å². The third-order valence-electron chi connectivity index (χ3n) is 6.23. The van der Waals surface area contributed by atoms with Crippen molar-refractivity contribution in [2.75, 3.05) is 6.61 Å². The average molecular weight is 395 g/mol. The molecule has 1 aliphatic rings. The van der Waals surface area contributed by atoms with E-state index in [-0.39, 0.29) is 24.9 Å². The first-order valence-corrected chi connectivity index (χ1v) is 10.6. The summed E-state index contributed by atoms with van der Waals surface area (Å²) < 4.78 is 5.57. The van der Waals surface area contributed by atoms with Crippen molar-refractivity contribution in [3.05, 3.63) is 60.2 Å². The summed E-state index contributed by atoms with van der Waals surface area (Å²) in [6.45, 7) is 12.0. The lowest BCUT2D eigenvalue weighted by Crippen LogP contribution is -2.39. The van der Waals surface area contributed by atoms with E-state index in [1.807, 2.05) is 20.8 Å². The third-order valence-corrected chi connectivity index (χ3v) is 6.23. The lowest BCUT2D eigenvalue weighted by atomic mass is 9.61. The monoisotopic (exact) mass is 394 g/mol. The molecule has 0 aromatic heterocycles. The molecule has 0 radical (unpaired) electrons. The van der Waals surface area contributed by atoms with Gasteiger partial charge >= 0.3 is 5.97 Å². The van der Waals surface area contributed by atoms with Crippen molar-refractivity contribution < 1.29 is 14.6 Å². The zero-order valence-electron chi connectivity index (χ0n) is 18.2. The van der Waals surface area contributed by atoms with Gasteiger partial charge in [-0.15, -0.1) is 0 Å². The van der Waals surface area contributed by atoms with E-state index in [1.54, 1.807) is 0 Å². The van der Waals surface area contributed by atoms with Crippen LogP contribution in [0.2, 0.25) is 0 Å². The maximum absolute atomic E-state index is 12.6. The van der Waals surface area contributed by atoms with E-state index in [0.717, 1.165) is 19.3 Å². The molecule has 1 N–H and O–H groups in total. The van der Waals surface area contributed by atoms with Crippen LogP contribution < -0.4 is 0 Å². The van der Waals surface area contributed by atoms with Gasteiger partial charge in [0, 0.05) is 12.0 Å². The number of hydrogen-bond acceptors (Lipinski definition) is 3. The maximum Gasteiger partial charge on any atom is 0.306 e. The number of ether oxygens (including phenoxy) is 1. The van der Waals surface area contributed by atoms with E-state index >= 15 is 0 Å². The molecule has 0 aliphatic heterocycles. The topological polar surface area (TPSA) is 46.5 Å². The second-order valence-electron chi connectivity index (χ2n) is 9.83. The predicted octanol–water partition coefficient (Wildman–Crippen LogP) is 6.01. The van der Waals surface area contributed by atoms with E-state index in [9.17, 15) is 9.90 Å². The molecule has 3 atom stereocenters. The average Bonchev–Trinajstić information content (AvgIpc) is 2.65. The number of fused-ring (bicyclic) bond motifs is 1. The highest BCUT2D eigenvalue weighted by Crippen LogP contribution is 2.51. The number of rotatable bonds is 5. The van der Waals surface area contributed by atoms with E-state index in [4.69, 9.17) is 4.74 Å². The molecule has 0 amide bonds. The van der Waals surface area contributed by atoms with Crippen molar-refractivity contribution in [1.82, 2.24) is 0 Å². The number of aliphatic hydroxyl groups is 1. The van der Waals surface area contributed by atoms with Gasteiger partial charge in [-0.05, 0) is 75.1 Å². The molecule has 2 aromatic rings. The Kier molecular flexibility index (Phi) is 6.19. The summed E-state index contributed by atoms with van der Waals surface area (Å²) in [7, 11) is 0. The summed E-state index contributed by atoms with van der Waals surface area (Å²) in [6, 6.07) is 15.0. The van der Waals surface area contributed by atoms with Crippen LogP contribution in [0.5, 0.6) is 0 Å². The first kappa shape index (κ1) is 21.6. The van der Waals surface area contributed by atoms with E-state index in [0.29, 0.717) is 5.92 Å². The first-order valence-electron chi connectivity index (χ1n) is 10.6. The van der Waals surface area contributed by atoms with Crippen molar-refractivity contribution >= 4 is 16.7 Å². The quantitative estimate of drug-likeness (QED) is 0.499. The summed E-state index contributed by atoms with van der Waals surface area (Å²) in [6.07, 6.45) is 2.76. The standard InChI is InChI=1S/C26H34O3/c1-18(2)22-12-13-26(17-27,16-24(28)29-25(3,4)5)15-23(22)21-11-10-19-8-6-7-9-20(19)14-21/h6-11,14,22-23,27H,1,12-13,15-17H2,2-5H3/t22-,23-,26-/m0/s1. The second-order valence-corrected chi connectivity index (χ2v) is 9.83. The van der Waals surface area contributed by atoms with Crippen LogP contribution >= 0.6 is 0 Å². The minimum absolute atomic E-state index is 0.000759. The predicted molar refractivity (Wildman–Crippen MR) is 119 cm³/mol. The molecule has 0 unspecified atom stereocenters. The number of esters is 1. The molecule has 156 valence electrons. The summed E-state index contributed by atoms with van der Waals surface area (Å²) in [5, 5.41) is 12.8. The zero-order chi connectivity index (χ0) is 21.2. The van der Waals surface area contributed by atoms with Gasteiger partial charge in [0.25, 0.3) is 0 Å². The highest BCUT2D eigenvalue weighted by Gasteiger charge is 2.43. The van der Waals surface area contributed by atoms with Crippen molar-refractivity contribution in [3.8, 4) is 0 Å². The molecule has 0 bridgehead atoms. The molecule has 0 spiro atoms. The van der Waals surface area contributed by atoms with Crippen molar-refractivity contribution in [2.45, 2.75) is 64.9 Å². The van der Waals surface area contributed by atoms with Gasteiger partial charge < -0.3 is 9.84 Å². The Hall–Kier alpha value is -2.13. The number of carbonyl (C=O) groups excluding carboxylic acids is 1. The Balaban J connectivity index is 1.91. The Morgan fingerprint density at radius 1 is 1.21 bits per heavy atom. The largest absolute Gasteiger partial charge is 0.460 e. The van der Waals surface area contributed by atoms with E-state index in [2.05, 4.69) is 56.0 Å². The fraction of sp³-hybridized carbons (Fsp3) is 0.500. The summed E-state index contributed by atoms with van der Waals surface area (Å²) in [5.41, 5.74) is 1.48. The maximum atomic E-state index is 12.6. The number of carbonyl (C=O) groups is 1. The molecular formula is C26H34O3. The minimum Gasteiger partial charge on any atom is -0.460 e. The van der Waals surface area contributed by atoms with Gasteiger partial charge in [-0.1, -0.05) is 54.6 Å². The Morgan fingerprint density at radius 2 is 1.90 bits per heavy atom. The normalized spacial score (nSPS) is 25.0. The molecule has 0 saturated heterocycles. The van der Waals surface area contributed by atoms with Gasteiger partial charge in [-0.25, -0.2) is 0 Å². The van der Waals surface area contributed by atoms with Crippen LogP contribution in [0.1, 0.15) is 64.9 Å². The van der Waals surface area contributed by atoms with Crippen LogP contribution in [-0.2, 0) is 9.53 Å². The fourth-order valence-electron chi connectivity index (χ4n) is 4.80. The second kappa shape index (κ2) is 8.31. The summed E-state index contributed by atoms with van der Waals surface area (Å²) in [5.74, 6) is 0.368. The van der Waals surface area contributed by atoms with Crippen molar-refractivity contribution in [1.29, 1.82) is 0 Å². The van der Waals surface area contributed by atoms with Gasteiger partial charge in [0.2, 0.25) is 0 Å². The molecule has 2 aromatic carbocycles. The molecule has 0 heterocycles. The van der Waals surface area contributed by atoms with E-state index < -0.39 is 11.0 Å². The SMILES string of the molecule is C=C(C)[C@@H]1CC[C@@](CO)(CC(=O)OC(C)(C)C)C[C@H]1c1ccc2ccccc2c1. The number of aliphatic hydroxyl groups excluding tert-OH is 1. The van der Waals surface area contributed by atoms with Gasteiger partial charge in [-0.2, -0.15) is 0 Å². The molecule has 29 heavy (non-hydrogen) atoms. The number of hydrogen-bond donors (Lipinski definition) is 1. The van der Waals surface area contributed by atoms with Crippen LogP contribution in [0.25, 0.3) is 10.8 Å². The Morgan fingerprint density at radius 3 is 2.52 bits per heavy atom. The van der Waals surface area contributed by atoms with Crippen LogP contribution in [0.4, 0.5) is 0 Å². The van der Waals surface area contributed by atoms with Gasteiger partial charge in [-0.3, -0.25) is 4.79 Å². The van der Waals surface area contributed by atoms with Crippen LogP contribution in [0.15, 0.2) is 54.6 Å². The smallest absolute Gasteiger partial charge is 0.306 e. The van der Waals surface area contributed by atoms with Crippen LogP contribution in [0.3, 0.4) is 0 Å². The molecule has 3 nitrogen and oxygen atoms in total. The van der Waals surface area contributed by atoms with Crippen LogP contribution in [-0.4, -0.2) is 23.3 Å². The van der Waals surface area contributed by atoms with Crippen molar-refractivity contribution in [2.24, 2.45) is 11.3 Å². The van der Waals surface area contributed by atoms with Gasteiger partial charge in [0.15, 0.2) is 0 Å². The third kappa shape index (κ3) is 5.08. The lowest BCUT2D eigenvalue weighted by Gasteiger charge is -2.44. The minimum atomic E-state index is -0.514. The first-order chi connectivity index (χ1) is 13.6. The van der Waals surface area contributed by atoms with Gasteiger partial charge in [0.05, 0.1) is 6.42 Å². The number of benzene rings is 2. The van der Waals surface area contributed by atoms with E-state index in [1.165, 1.54) is 21.9 Å². The summed E-state index contributed by atoms with van der Waals surface area (Å²) in [4.78, 5) is 12.6. The van der Waals surface area contributed by atoms with Crippen molar-refractivity contribution in [3.63, 3.8) is 0 Å². The molecule has 1 saturated carbocycles. The van der Waals surface area contributed by atoms with Gasteiger partial charge in [0.1, 0.15) is 5.60 Å². The zero-order valence-corrected chi connectivity index (χ0v) is 18.2. The highest BCUT2D eigenvalue weighted by molar-refractivity contribution is 5.83. The highest BCUT2D eigenvalue weighted by atomic mass is 16.6. The molecule has 1 aliphatic carbocycles. The fourth-order valence-corrected chi connectivity index (χ4v) is 4.80. The Labute approximate surface area is 174 Å². The molecule has 3 heteroatoms.